The van der Waals surface area contributed by atoms with E-state index >= 15 is 0 Å². The molecule has 0 aliphatic carbocycles. The van der Waals surface area contributed by atoms with E-state index in [0.29, 0.717) is 19.4 Å². The van der Waals surface area contributed by atoms with Crippen LogP contribution in [0, 0.1) is 5.92 Å². The van der Waals surface area contributed by atoms with Gasteiger partial charge in [0.25, 0.3) is 0 Å². The Morgan fingerprint density at radius 1 is 1.40 bits per heavy atom. The maximum absolute atomic E-state index is 11.4. The molecule has 15 heavy (non-hydrogen) atoms. The number of nitrogens with two attached hydrogens (primary N) is 1. The Morgan fingerprint density at radius 2 is 2.00 bits per heavy atom. The number of ether oxygens (including phenoxy) is 1. The second kappa shape index (κ2) is 7.23. The summed E-state index contributed by atoms with van der Waals surface area (Å²) < 4.78 is 4.60. The van der Waals surface area contributed by atoms with Gasteiger partial charge in [-0.3, -0.25) is 4.79 Å². The highest BCUT2D eigenvalue weighted by molar-refractivity contribution is 5.84. The summed E-state index contributed by atoms with van der Waals surface area (Å²) in [5.74, 6) is -0.560. The number of nitrogens with one attached hydrogen (secondary N) is 1. The van der Waals surface area contributed by atoms with Crippen molar-refractivity contribution >= 4 is 11.9 Å². The van der Waals surface area contributed by atoms with E-state index < -0.39 is 12.0 Å². The molecule has 5 nitrogen and oxygen atoms in total. The van der Waals surface area contributed by atoms with Gasteiger partial charge in [0.2, 0.25) is 5.91 Å². The molecule has 0 aromatic heterocycles. The fourth-order valence-corrected chi connectivity index (χ4v) is 1.13. The molecule has 0 aliphatic heterocycles. The first-order valence-electron chi connectivity index (χ1n) is 5.10. The van der Waals surface area contributed by atoms with Gasteiger partial charge in [-0.1, -0.05) is 13.8 Å². The average Bonchev–Trinajstić information content (AvgIpc) is 2.21. The number of esters is 1. The summed E-state index contributed by atoms with van der Waals surface area (Å²) >= 11 is 0. The molecular weight excluding hydrogens is 196 g/mol. The van der Waals surface area contributed by atoms with Crippen LogP contribution in [0.1, 0.15) is 26.7 Å². The number of carbonyl (C=O) groups excluding carboxylic acids is 2. The summed E-state index contributed by atoms with van der Waals surface area (Å²) in [5, 5.41) is 2.63. The quantitative estimate of drug-likeness (QED) is 0.614. The van der Waals surface area contributed by atoms with Crippen LogP contribution in [0.2, 0.25) is 0 Å². The van der Waals surface area contributed by atoms with Crippen molar-refractivity contribution in [3.05, 3.63) is 0 Å². The molecule has 0 radical (unpaired) electrons. The summed E-state index contributed by atoms with van der Waals surface area (Å²) in [6.07, 6.45) is 0.967. The fourth-order valence-electron chi connectivity index (χ4n) is 1.13. The van der Waals surface area contributed by atoms with Gasteiger partial charge in [-0.05, 0) is 18.9 Å². The van der Waals surface area contributed by atoms with Crippen molar-refractivity contribution in [1.82, 2.24) is 5.32 Å². The van der Waals surface area contributed by atoms with E-state index in [0.717, 1.165) is 0 Å². The molecule has 0 bridgehead atoms. The molecule has 0 fully saturated rings. The van der Waals surface area contributed by atoms with Gasteiger partial charge in [-0.15, -0.1) is 0 Å². The molecule has 1 atom stereocenters. The molecule has 5 heteroatoms. The predicted octanol–water partition coefficient (Wildman–Crippen LogP) is 0.0391. The maximum Gasteiger partial charge on any atom is 0.328 e. The molecule has 0 spiro atoms. The molecule has 3 N–H and O–H groups in total. The number of amides is 1. The Labute approximate surface area is 90.4 Å². The Morgan fingerprint density at radius 3 is 2.40 bits per heavy atom. The first kappa shape index (κ1) is 13.9. The van der Waals surface area contributed by atoms with E-state index in [1.165, 1.54) is 7.11 Å². The largest absolute Gasteiger partial charge is 0.467 e. The van der Waals surface area contributed by atoms with Gasteiger partial charge in [0.1, 0.15) is 6.04 Å². The number of hydrogen-bond donors (Lipinski definition) is 2. The Balaban J connectivity index is 4.17. The first-order valence-corrected chi connectivity index (χ1v) is 5.10. The van der Waals surface area contributed by atoms with Crippen LogP contribution in [0.25, 0.3) is 0 Å². The Kier molecular flexibility index (Phi) is 6.70. The summed E-state index contributed by atoms with van der Waals surface area (Å²) in [5.41, 5.74) is 5.28. The second-order valence-electron chi connectivity index (χ2n) is 3.70. The number of rotatable bonds is 6. The lowest BCUT2D eigenvalue weighted by molar-refractivity contribution is -0.146. The van der Waals surface area contributed by atoms with Crippen LogP contribution in [-0.2, 0) is 14.3 Å². The van der Waals surface area contributed by atoms with E-state index in [1.807, 2.05) is 13.8 Å². The standard InChI is InChI=1S/C10H20N2O3/c1-7(2)9(10(14)15-3)12-8(13)5-4-6-11/h7,9H,4-6,11H2,1-3H3,(H,12,13)/t9-/m0/s1. The van der Waals surface area contributed by atoms with Crippen molar-refractivity contribution in [3.63, 3.8) is 0 Å². The summed E-state index contributed by atoms with van der Waals surface area (Å²) in [6, 6.07) is -0.569. The molecule has 1 amide bonds. The zero-order valence-corrected chi connectivity index (χ0v) is 9.58. The number of carbonyl (C=O) groups is 2. The summed E-state index contributed by atoms with van der Waals surface area (Å²) in [6.45, 7) is 4.17. The third-order valence-corrected chi connectivity index (χ3v) is 2.05. The lowest BCUT2D eigenvalue weighted by atomic mass is 10.0. The molecule has 0 aromatic carbocycles. The monoisotopic (exact) mass is 216 g/mol. The number of methoxy groups -OCH3 is 1. The van der Waals surface area contributed by atoms with Crippen LogP contribution in [0.15, 0.2) is 0 Å². The van der Waals surface area contributed by atoms with Gasteiger partial charge in [0, 0.05) is 6.42 Å². The topological polar surface area (TPSA) is 81.4 Å². The van der Waals surface area contributed by atoms with Crippen LogP contribution in [0.5, 0.6) is 0 Å². The van der Waals surface area contributed by atoms with Gasteiger partial charge in [-0.25, -0.2) is 4.79 Å². The van der Waals surface area contributed by atoms with E-state index in [1.54, 1.807) is 0 Å². The van der Waals surface area contributed by atoms with Gasteiger partial charge in [0.05, 0.1) is 7.11 Å². The fraction of sp³-hybridized carbons (Fsp3) is 0.800. The third kappa shape index (κ3) is 5.37. The minimum Gasteiger partial charge on any atom is -0.467 e. The van der Waals surface area contributed by atoms with Crippen LogP contribution >= 0.6 is 0 Å². The summed E-state index contributed by atoms with van der Waals surface area (Å²) in [7, 11) is 1.31. The predicted molar refractivity (Wildman–Crippen MR) is 57.1 cm³/mol. The van der Waals surface area contributed by atoms with E-state index in [9.17, 15) is 9.59 Å². The molecule has 0 aromatic rings. The van der Waals surface area contributed by atoms with E-state index in [2.05, 4.69) is 10.1 Å². The normalized spacial score (nSPS) is 12.3. The zero-order valence-electron chi connectivity index (χ0n) is 9.58. The van der Waals surface area contributed by atoms with Crippen molar-refractivity contribution in [2.24, 2.45) is 11.7 Å². The molecule has 0 rings (SSSR count). The van der Waals surface area contributed by atoms with Crippen molar-refractivity contribution in [3.8, 4) is 0 Å². The highest BCUT2D eigenvalue weighted by Gasteiger charge is 2.24. The molecule has 0 unspecified atom stereocenters. The minimum atomic E-state index is -0.569. The van der Waals surface area contributed by atoms with E-state index in [4.69, 9.17) is 5.73 Å². The van der Waals surface area contributed by atoms with Crippen molar-refractivity contribution in [2.45, 2.75) is 32.7 Å². The van der Waals surface area contributed by atoms with Crippen LogP contribution < -0.4 is 11.1 Å². The molecule has 0 saturated carbocycles. The highest BCUT2D eigenvalue weighted by atomic mass is 16.5. The van der Waals surface area contributed by atoms with Gasteiger partial charge in [-0.2, -0.15) is 0 Å². The summed E-state index contributed by atoms with van der Waals surface area (Å²) in [4.78, 5) is 22.7. The zero-order chi connectivity index (χ0) is 11.8. The SMILES string of the molecule is COC(=O)[C@@H](NC(=O)CCCN)C(C)C. The highest BCUT2D eigenvalue weighted by Crippen LogP contribution is 2.04. The molecule has 0 saturated heterocycles. The Hall–Kier alpha value is -1.10. The van der Waals surface area contributed by atoms with Crippen molar-refractivity contribution in [1.29, 1.82) is 0 Å². The van der Waals surface area contributed by atoms with E-state index in [-0.39, 0.29) is 11.8 Å². The second-order valence-corrected chi connectivity index (χ2v) is 3.70. The molecular formula is C10H20N2O3. The van der Waals surface area contributed by atoms with Gasteiger partial charge < -0.3 is 15.8 Å². The maximum atomic E-state index is 11.4. The Bertz CT molecular complexity index is 217. The van der Waals surface area contributed by atoms with Crippen LogP contribution in [-0.4, -0.2) is 31.6 Å². The van der Waals surface area contributed by atoms with Gasteiger partial charge in [0.15, 0.2) is 0 Å². The van der Waals surface area contributed by atoms with Crippen LogP contribution in [0.3, 0.4) is 0 Å². The van der Waals surface area contributed by atoms with Crippen molar-refractivity contribution in [2.75, 3.05) is 13.7 Å². The average molecular weight is 216 g/mol. The minimum absolute atomic E-state index is 0.0132. The smallest absolute Gasteiger partial charge is 0.328 e. The third-order valence-electron chi connectivity index (χ3n) is 2.05. The molecule has 0 aliphatic rings. The van der Waals surface area contributed by atoms with Gasteiger partial charge >= 0.3 is 5.97 Å². The molecule has 88 valence electrons. The van der Waals surface area contributed by atoms with Crippen molar-refractivity contribution < 1.29 is 14.3 Å². The van der Waals surface area contributed by atoms with Crippen LogP contribution in [0.4, 0.5) is 0 Å². The number of hydrogen-bond acceptors (Lipinski definition) is 4. The lowest BCUT2D eigenvalue weighted by Gasteiger charge is -2.19. The first-order chi connectivity index (χ1) is 7.02. The lowest BCUT2D eigenvalue weighted by Crippen LogP contribution is -2.45. The molecule has 0 heterocycles.